The van der Waals surface area contributed by atoms with Crippen LogP contribution in [0.2, 0.25) is 0 Å². The van der Waals surface area contributed by atoms with Gasteiger partial charge in [0.05, 0.1) is 5.56 Å². The molecule has 0 aromatic carbocycles. The first kappa shape index (κ1) is 14.3. The van der Waals surface area contributed by atoms with Crippen molar-refractivity contribution in [2.24, 2.45) is 5.92 Å². The normalized spacial score (nSPS) is 18.7. The molecule has 1 atom stereocenters. The minimum Gasteiger partial charge on any atom is -0.396 e. The third-order valence-corrected chi connectivity index (χ3v) is 3.87. The first-order valence-electron chi connectivity index (χ1n) is 6.39. The molecular weight excluding hydrogens is 310 g/mol. The summed E-state index contributed by atoms with van der Waals surface area (Å²) in [7, 11) is 1.76. The number of nitrogens with zero attached hydrogens (tertiary/aromatic N) is 2. The van der Waals surface area contributed by atoms with Gasteiger partial charge in [-0.2, -0.15) is 0 Å². The fourth-order valence-electron chi connectivity index (χ4n) is 2.41. The predicted octanol–water partition coefficient (Wildman–Crippen LogP) is 1.73. The zero-order chi connectivity index (χ0) is 13.8. The number of carbonyl (C=O) groups excluding carboxylic acids is 1. The zero-order valence-electron chi connectivity index (χ0n) is 10.9. The number of nitrogens with one attached hydrogen (secondary N) is 1. The molecule has 0 spiro atoms. The summed E-state index contributed by atoms with van der Waals surface area (Å²) in [5.41, 5.74) is 0.585. The monoisotopic (exact) mass is 327 g/mol. The third kappa shape index (κ3) is 3.25. The number of hydrogen-bond acceptors (Lipinski definition) is 4. The van der Waals surface area contributed by atoms with E-state index in [0.717, 1.165) is 30.4 Å². The van der Waals surface area contributed by atoms with Crippen molar-refractivity contribution in [1.82, 2.24) is 9.88 Å². The lowest BCUT2D eigenvalue weighted by molar-refractivity contribution is 0.0785. The Morgan fingerprint density at radius 3 is 3.16 bits per heavy atom. The number of hydrogen-bond donors (Lipinski definition) is 2. The highest BCUT2D eigenvalue weighted by Gasteiger charge is 2.28. The molecule has 1 unspecified atom stereocenters. The fraction of sp³-hybridized carbons (Fsp3) is 0.538. The number of aromatic nitrogens is 1. The summed E-state index contributed by atoms with van der Waals surface area (Å²) in [6, 6.07) is 1.79. The molecular formula is C13H18BrN3O2. The lowest BCUT2D eigenvalue weighted by Crippen LogP contribution is -2.29. The largest absolute Gasteiger partial charge is 0.396 e. The van der Waals surface area contributed by atoms with Crippen LogP contribution in [0.15, 0.2) is 16.7 Å². The molecule has 2 heterocycles. The van der Waals surface area contributed by atoms with Crippen LogP contribution in [-0.2, 0) is 0 Å². The molecule has 2 N–H and O–H groups in total. The molecule has 1 aliphatic rings. The molecule has 1 aromatic rings. The first-order chi connectivity index (χ1) is 9.15. The number of halogens is 1. The van der Waals surface area contributed by atoms with Gasteiger partial charge in [0, 0.05) is 37.4 Å². The molecule has 2 rings (SSSR count). The molecule has 104 valence electrons. The maximum absolute atomic E-state index is 12.5. The van der Waals surface area contributed by atoms with Gasteiger partial charge in [0.15, 0.2) is 0 Å². The minimum atomic E-state index is -0.00131. The Balaban J connectivity index is 2.14. The summed E-state index contributed by atoms with van der Waals surface area (Å²) < 4.78 is 0.793. The Kier molecular flexibility index (Phi) is 4.76. The van der Waals surface area contributed by atoms with Crippen LogP contribution in [0.4, 0.5) is 5.82 Å². The van der Waals surface area contributed by atoms with Gasteiger partial charge >= 0.3 is 0 Å². The van der Waals surface area contributed by atoms with E-state index in [-0.39, 0.29) is 12.5 Å². The van der Waals surface area contributed by atoms with Crippen LogP contribution in [0.5, 0.6) is 0 Å². The van der Waals surface area contributed by atoms with E-state index in [2.05, 4.69) is 26.2 Å². The van der Waals surface area contributed by atoms with E-state index >= 15 is 0 Å². The smallest absolute Gasteiger partial charge is 0.257 e. The molecule has 1 aromatic heterocycles. The Labute approximate surface area is 121 Å². The molecule has 5 nitrogen and oxygen atoms in total. The number of pyridine rings is 1. The van der Waals surface area contributed by atoms with E-state index in [9.17, 15) is 4.79 Å². The van der Waals surface area contributed by atoms with Crippen molar-refractivity contribution >= 4 is 27.7 Å². The van der Waals surface area contributed by atoms with Crippen molar-refractivity contribution < 1.29 is 9.90 Å². The van der Waals surface area contributed by atoms with E-state index in [1.807, 2.05) is 4.90 Å². The van der Waals surface area contributed by atoms with E-state index in [1.165, 1.54) is 0 Å². The van der Waals surface area contributed by atoms with Crippen molar-refractivity contribution in [3.8, 4) is 0 Å². The number of aliphatic hydroxyl groups excluding tert-OH is 1. The van der Waals surface area contributed by atoms with Gasteiger partial charge in [-0.05, 0) is 40.8 Å². The van der Waals surface area contributed by atoms with Gasteiger partial charge in [-0.25, -0.2) is 4.98 Å². The van der Waals surface area contributed by atoms with Crippen molar-refractivity contribution in [1.29, 1.82) is 0 Å². The highest BCUT2D eigenvalue weighted by molar-refractivity contribution is 9.10. The molecule has 1 amide bonds. The van der Waals surface area contributed by atoms with Crippen LogP contribution in [0.3, 0.4) is 0 Å². The molecule has 0 aliphatic carbocycles. The van der Waals surface area contributed by atoms with E-state index < -0.39 is 0 Å². The zero-order valence-corrected chi connectivity index (χ0v) is 12.5. The van der Waals surface area contributed by atoms with Crippen LogP contribution < -0.4 is 5.32 Å². The SMILES string of the molecule is CNc1ncc(Br)cc1C(=O)N1CCC(CCO)C1. The molecule has 6 heteroatoms. The third-order valence-electron chi connectivity index (χ3n) is 3.43. The maximum Gasteiger partial charge on any atom is 0.257 e. The predicted molar refractivity (Wildman–Crippen MR) is 77.2 cm³/mol. The summed E-state index contributed by atoms with van der Waals surface area (Å²) >= 11 is 3.35. The van der Waals surface area contributed by atoms with Crippen LogP contribution in [0, 0.1) is 5.92 Å². The number of amides is 1. The van der Waals surface area contributed by atoms with Crippen LogP contribution in [-0.4, -0.2) is 47.6 Å². The first-order valence-corrected chi connectivity index (χ1v) is 7.18. The average molecular weight is 328 g/mol. The van der Waals surface area contributed by atoms with Crippen LogP contribution >= 0.6 is 15.9 Å². The van der Waals surface area contributed by atoms with Gasteiger partial charge in [-0.3, -0.25) is 4.79 Å². The Bertz CT molecular complexity index is 467. The van der Waals surface area contributed by atoms with Crippen molar-refractivity contribution in [3.05, 3.63) is 22.3 Å². The second kappa shape index (κ2) is 6.34. The number of rotatable bonds is 4. The molecule has 1 aliphatic heterocycles. The second-order valence-electron chi connectivity index (χ2n) is 4.72. The van der Waals surface area contributed by atoms with Crippen molar-refractivity contribution in [3.63, 3.8) is 0 Å². The standard InChI is InChI=1S/C13H18BrN3O2/c1-15-12-11(6-10(14)7-16-12)13(19)17-4-2-9(8-17)3-5-18/h6-7,9,18H,2-5,8H2,1H3,(H,15,16). The Hall–Kier alpha value is -1.14. The summed E-state index contributed by atoms with van der Waals surface area (Å²) in [5, 5.41) is 11.9. The number of likely N-dealkylation sites (tertiary alicyclic amines) is 1. The number of anilines is 1. The molecule has 19 heavy (non-hydrogen) atoms. The maximum atomic E-state index is 12.5. The number of aliphatic hydroxyl groups is 1. The molecule has 1 fully saturated rings. The second-order valence-corrected chi connectivity index (χ2v) is 5.63. The van der Waals surface area contributed by atoms with Crippen LogP contribution in [0.25, 0.3) is 0 Å². The van der Waals surface area contributed by atoms with Crippen LogP contribution in [0.1, 0.15) is 23.2 Å². The summed E-state index contributed by atoms with van der Waals surface area (Å²) in [4.78, 5) is 18.5. The van der Waals surface area contributed by atoms with Gasteiger partial charge in [-0.1, -0.05) is 0 Å². The Morgan fingerprint density at radius 1 is 1.68 bits per heavy atom. The highest BCUT2D eigenvalue weighted by Crippen LogP contribution is 2.24. The topological polar surface area (TPSA) is 65.5 Å². The van der Waals surface area contributed by atoms with E-state index in [0.29, 0.717) is 17.3 Å². The fourth-order valence-corrected chi connectivity index (χ4v) is 2.74. The highest BCUT2D eigenvalue weighted by atomic mass is 79.9. The minimum absolute atomic E-state index is 0.00131. The Morgan fingerprint density at radius 2 is 2.47 bits per heavy atom. The lowest BCUT2D eigenvalue weighted by Gasteiger charge is -2.18. The molecule has 1 saturated heterocycles. The number of carbonyl (C=O) groups is 1. The lowest BCUT2D eigenvalue weighted by atomic mass is 10.1. The van der Waals surface area contributed by atoms with Gasteiger partial charge in [0.25, 0.3) is 5.91 Å². The molecule has 0 radical (unpaired) electrons. The van der Waals surface area contributed by atoms with Gasteiger partial charge in [0.1, 0.15) is 5.82 Å². The van der Waals surface area contributed by atoms with Gasteiger partial charge < -0.3 is 15.3 Å². The average Bonchev–Trinajstić information content (AvgIpc) is 2.87. The summed E-state index contributed by atoms with van der Waals surface area (Å²) in [6.45, 7) is 1.65. The van der Waals surface area contributed by atoms with Crippen molar-refractivity contribution in [2.75, 3.05) is 32.1 Å². The quantitative estimate of drug-likeness (QED) is 0.883. The molecule has 0 saturated carbocycles. The van der Waals surface area contributed by atoms with Gasteiger partial charge in [0.2, 0.25) is 0 Å². The molecule has 0 bridgehead atoms. The van der Waals surface area contributed by atoms with Gasteiger partial charge in [-0.15, -0.1) is 0 Å². The van der Waals surface area contributed by atoms with Crippen molar-refractivity contribution in [2.45, 2.75) is 12.8 Å². The summed E-state index contributed by atoms with van der Waals surface area (Å²) in [6.07, 6.45) is 3.39. The van der Waals surface area contributed by atoms with E-state index in [1.54, 1.807) is 19.3 Å². The summed E-state index contributed by atoms with van der Waals surface area (Å²) in [5.74, 6) is 1.00. The van der Waals surface area contributed by atoms with E-state index in [4.69, 9.17) is 5.11 Å².